The summed E-state index contributed by atoms with van der Waals surface area (Å²) < 4.78 is 7.53. The van der Waals surface area contributed by atoms with Crippen LogP contribution in [0.25, 0.3) is 16.7 Å². The van der Waals surface area contributed by atoms with Gasteiger partial charge in [0.15, 0.2) is 11.5 Å². The Labute approximate surface area is 134 Å². The van der Waals surface area contributed by atoms with Crippen molar-refractivity contribution < 1.29 is 9.84 Å². The summed E-state index contributed by atoms with van der Waals surface area (Å²) in [7, 11) is 0. The summed E-state index contributed by atoms with van der Waals surface area (Å²) >= 11 is 0. The Kier molecular flexibility index (Phi) is 3.95. The van der Waals surface area contributed by atoms with Gasteiger partial charge in [-0.15, -0.1) is 0 Å². The van der Waals surface area contributed by atoms with E-state index in [2.05, 4.69) is 9.97 Å². The third kappa shape index (κ3) is 3.00. The third-order valence-corrected chi connectivity index (χ3v) is 3.69. The van der Waals surface area contributed by atoms with Crippen molar-refractivity contribution in [2.24, 2.45) is 0 Å². The van der Waals surface area contributed by atoms with Crippen molar-refractivity contribution in [1.29, 1.82) is 0 Å². The normalized spacial score (nSPS) is 12.3. The average molecular weight is 314 g/mol. The lowest BCUT2D eigenvalue weighted by molar-refractivity contribution is 0.0781. The van der Waals surface area contributed by atoms with Gasteiger partial charge in [-0.25, -0.2) is 9.97 Å². The highest BCUT2D eigenvalue weighted by Gasteiger charge is 2.23. The molecule has 0 aliphatic heterocycles. The summed E-state index contributed by atoms with van der Waals surface area (Å²) in [5, 5.41) is 10.3. The van der Waals surface area contributed by atoms with Crippen molar-refractivity contribution >= 4 is 22.5 Å². The predicted octanol–water partition coefficient (Wildman–Crippen LogP) is 2.31. The Balaban J connectivity index is 2.32. The monoisotopic (exact) mass is 314 g/mol. The fourth-order valence-corrected chi connectivity index (χ4v) is 2.76. The highest BCUT2D eigenvalue weighted by atomic mass is 16.5. The Morgan fingerprint density at radius 2 is 2.00 bits per heavy atom. The van der Waals surface area contributed by atoms with Crippen molar-refractivity contribution in [2.45, 2.75) is 39.4 Å². The topological polar surface area (TPSA) is 85.7 Å². The zero-order chi connectivity index (χ0) is 16.6. The number of nitrogen functional groups attached to an aromatic ring is 1. The molecule has 3 aromatic rings. The van der Waals surface area contributed by atoms with Crippen molar-refractivity contribution in [1.82, 2.24) is 14.4 Å². The molecule has 6 nitrogen and oxygen atoms in total. The van der Waals surface area contributed by atoms with E-state index in [1.165, 1.54) is 0 Å². The van der Waals surface area contributed by atoms with Crippen LogP contribution in [0.5, 0.6) is 0 Å². The minimum atomic E-state index is -0.865. The number of fused-ring (bicyclic) bond motifs is 3. The molecule has 0 aliphatic carbocycles. The van der Waals surface area contributed by atoms with Gasteiger partial charge in [0.1, 0.15) is 0 Å². The number of ether oxygens (including phenoxy) is 1. The van der Waals surface area contributed by atoms with Crippen LogP contribution in [0, 0.1) is 0 Å². The van der Waals surface area contributed by atoms with E-state index in [-0.39, 0.29) is 0 Å². The van der Waals surface area contributed by atoms with Crippen LogP contribution in [0.1, 0.15) is 32.2 Å². The first-order chi connectivity index (χ1) is 10.9. The van der Waals surface area contributed by atoms with E-state index in [0.29, 0.717) is 31.1 Å². The number of imidazole rings is 1. The number of rotatable bonds is 5. The van der Waals surface area contributed by atoms with E-state index in [1.807, 2.05) is 35.6 Å². The van der Waals surface area contributed by atoms with Crippen LogP contribution >= 0.6 is 0 Å². The minimum absolute atomic E-state index is 0.378. The Bertz CT molecular complexity index is 849. The Morgan fingerprint density at radius 1 is 1.26 bits per heavy atom. The number of nitrogens with two attached hydrogens (primary N) is 1. The molecule has 3 N–H and O–H groups in total. The molecular formula is C17H22N4O2. The molecule has 0 fully saturated rings. The van der Waals surface area contributed by atoms with Crippen molar-refractivity contribution in [3.05, 3.63) is 35.7 Å². The van der Waals surface area contributed by atoms with E-state index < -0.39 is 5.60 Å². The number of nitrogens with zero attached hydrogens (tertiary/aromatic N) is 3. The molecule has 1 aromatic carbocycles. The van der Waals surface area contributed by atoms with Crippen LogP contribution in [0.4, 0.5) is 5.82 Å². The number of hydrogen-bond acceptors (Lipinski definition) is 5. The van der Waals surface area contributed by atoms with E-state index in [1.54, 1.807) is 13.8 Å². The molecule has 2 heterocycles. The zero-order valence-electron chi connectivity index (χ0n) is 13.7. The zero-order valence-corrected chi connectivity index (χ0v) is 13.7. The minimum Gasteiger partial charge on any atom is -0.390 e. The fourth-order valence-electron chi connectivity index (χ4n) is 2.76. The summed E-state index contributed by atoms with van der Waals surface area (Å²) in [6.45, 7) is 6.49. The lowest BCUT2D eigenvalue weighted by Gasteiger charge is -2.18. The fraction of sp³-hybridized carbons (Fsp3) is 0.412. The molecule has 6 heteroatoms. The van der Waals surface area contributed by atoms with Gasteiger partial charge < -0.3 is 15.6 Å². The van der Waals surface area contributed by atoms with Gasteiger partial charge in [-0.2, -0.15) is 0 Å². The Morgan fingerprint density at radius 3 is 2.70 bits per heavy atom. The first-order valence-electron chi connectivity index (χ1n) is 7.75. The SMILES string of the molecule is CCOCc1nc2c(N)nc3ccccc3n2c1CC(C)(C)O. The molecule has 0 atom stereocenters. The second kappa shape index (κ2) is 5.79. The Hall–Kier alpha value is -2.18. The molecular weight excluding hydrogens is 292 g/mol. The molecule has 122 valence electrons. The second-order valence-corrected chi connectivity index (χ2v) is 6.28. The molecule has 0 aliphatic rings. The van der Waals surface area contributed by atoms with Gasteiger partial charge in [0.25, 0.3) is 0 Å². The van der Waals surface area contributed by atoms with E-state index >= 15 is 0 Å². The van der Waals surface area contributed by atoms with Crippen LogP contribution in [0.15, 0.2) is 24.3 Å². The first-order valence-corrected chi connectivity index (χ1v) is 7.75. The molecule has 0 spiro atoms. The average Bonchev–Trinajstić information content (AvgIpc) is 2.83. The van der Waals surface area contributed by atoms with Crippen LogP contribution < -0.4 is 5.73 Å². The summed E-state index contributed by atoms with van der Waals surface area (Å²) in [6.07, 6.45) is 0.448. The number of hydrogen-bond donors (Lipinski definition) is 2. The van der Waals surface area contributed by atoms with Gasteiger partial charge >= 0.3 is 0 Å². The standard InChI is InChI=1S/C17H22N4O2/c1-4-23-10-12-14(9-17(2,3)22)21-13-8-6-5-7-11(13)19-15(18)16(21)20-12/h5-8,22H,4,9-10H2,1-3H3,(H2,18,19). The largest absolute Gasteiger partial charge is 0.390 e. The predicted molar refractivity (Wildman–Crippen MR) is 90.2 cm³/mol. The van der Waals surface area contributed by atoms with Gasteiger partial charge in [0, 0.05) is 13.0 Å². The van der Waals surface area contributed by atoms with Crippen LogP contribution in [0.3, 0.4) is 0 Å². The van der Waals surface area contributed by atoms with Crippen molar-refractivity contribution in [2.75, 3.05) is 12.3 Å². The highest BCUT2D eigenvalue weighted by molar-refractivity contribution is 5.82. The van der Waals surface area contributed by atoms with E-state index in [0.717, 1.165) is 22.4 Å². The van der Waals surface area contributed by atoms with Gasteiger partial charge in [0.2, 0.25) is 0 Å². The second-order valence-electron chi connectivity index (χ2n) is 6.28. The number of aliphatic hydroxyl groups is 1. The number of para-hydroxylation sites is 2. The molecule has 2 aromatic heterocycles. The maximum Gasteiger partial charge on any atom is 0.180 e. The van der Waals surface area contributed by atoms with E-state index in [4.69, 9.17) is 10.5 Å². The molecule has 0 saturated carbocycles. The smallest absolute Gasteiger partial charge is 0.180 e. The van der Waals surface area contributed by atoms with Gasteiger partial charge in [0.05, 0.1) is 34.6 Å². The van der Waals surface area contributed by atoms with Crippen LogP contribution in [-0.2, 0) is 17.8 Å². The van der Waals surface area contributed by atoms with Crippen molar-refractivity contribution in [3.63, 3.8) is 0 Å². The molecule has 23 heavy (non-hydrogen) atoms. The molecule has 0 unspecified atom stereocenters. The van der Waals surface area contributed by atoms with Crippen LogP contribution in [-0.4, -0.2) is 31.7 Å². The molecule has 0 saturated heterocycles. The summed E-state index contributed by atoms with van der Waals surface area (Å²) in [4.78, 5) is 9.05. The van der Waals surface area contributed by atoms with Crippen molar-refractivity contribution in [3.8, 4) is 0 Å². The van der Waals surface area contributed by atoms with E-state index in [9.17, 15) is 5.11 Å². The van der Waals surface area contributed by atoms with Gasteiger partial charge in [-0.3, -0.25) is 4.40 Å². The number of aromatic nitrogens is 3. The molecule has 0 bridgehead atoms. The summed E-state index contributed by atoms with van der Waals surface area (Å²) in [5.41, 5.74) is 9.27. The summed E-state index contributed by atoms with van der Waals surface area (Å²) in [6, 6.07) is 7.78. The maximum absolute atomic E-state index is 10.3. The van der Waals surface area contributed by atoms with Gasteiger partial charge in [-0.05, 0) is 32.9 Å². The first kappa shape index (κ1) is 15.7. The maximum atomic E-state index is 10.3. The van der Waals surface area contributed by atoms with Gasteiger partial charge in [-0.1, -0.05) is 12.1 Å². The lowest BCUT2D eigenvalue weighted by atomic mass is 10.0. The number of benzene rings is 1. The molecule has 0 amide bonds. The molecule has 0 radical (unpaired) electrons. The number of anilines is 1. The molecule has 3 rings (SSSR count). The summed E-state index contributed by atoms with van der Waals surface area (Å²) in [5.74, 6) is 0.378. The third-order valence-electron chi connectivity index (χ3n) is 3.69. The van der Waals surface area contributed by atoms with Crippen LogP contribution in [0.2, 0.25) is 0 Å². The quantitative estimate of drug-likeness (QED) is 0.755. The lowest BCUT2D eigenvalue weighted by Crippen LogP contribution is -2.24. The highest BCUT2D eigenvalue weighted by Crippen LogP contribution is 2.26.